The van der Waals surface area contributed by atoms with Gasteiger partial charge in [0.1, 0.15) is 0 Å². The Kier molecular flexibility index (Phi) is 4.74. The highest BCUT2D eigenvalue weighted by Crippen LogP contribution is 2.27. The molecule has 0 radical (unpaired) electrons. The largest absolute Gasteiger partial charge is 0.243 e. The standard InChI is InChI=1S/C14H18N2O2S2/c1-3-13-10-16(6-7-19-13)20(17,18)14-5-4-12(9-15)8-11(14)2/h4-5,8,13H,3,6-7,10H2,1-2H3. The maximum atomic E-state index is 12.7. The molecular weight excluding hydrogens is 292 g/mol. The molecule has 0 spiro atoms. The Morgan fingerprint density at radius 3 is 2.85 bits per heavy atom. The van der Waals surface area contributed by atoms with Crippen LogP contribution in [0.2, 0.25) is 0 Å². The van der Waals surface area contributed by atoms with Gasteiger partial charge in [0.15, 0.2) is 0 Å². The molecule has 2 rings (SSSR count). The predicted molar refractivity (Wildman–Crippen MR) is 81.2 cm³/mol. The Morgan fingerprint density at radius 2 is 2.25 bits per heavy atom. The molecule has 0 N–H and O–H groups in total. The van der Waals surface area contributed by atoms with Gasteiger partial charge in [0, 0.05) is 24.1 Å². The van der Waals surface area contributed by atoms with Gasteiger partial charge in [-0.3, -0.25) is 0 Å². The van der Waals surface area contributed by atoms with E-state index in [-0.39, 0.29) is 0 Å². The van der Waals surface area contributed by atoms with E-state index in [0.717, 1.165) is 12.2 Å². The SMILES string of the molecule is CCC1CN(S(=O)(=O)c2ccc(C#N)cc2C)CCS1. The molecule has 1 aliphatic heterocycles. The predicted octanol–water partition coefficient (Wildman–Crippen LogP) is 2.38. The van der Waals surface area contributed by atoms with Crippen LogP contribution in [0.4, 0.5) is 0 Å². The summed E-state index contributed by atoms with van der Waals surface area (Å²) in [5, 5.41) is 9.23. The van der Waals surface area contributed by atoms with Gasteiger partial charge in [0.25, 0.3) is 0 Å². The van der Waals surface area contributed by atoms with Gasteiger partial charge in [-0.25, -0.2) is 8.42 Å². The number of thioether (sulfide) groups is 1. The second-order valence-electron chi connectivity index (χ2n) is 4.86. The zero-order valence-electron chi connectivity index (χ0n) is 11.7. The van der Waals surface area contributed by atoms with Crippen molar-refractivity contribution in [2.24, 2.45) is 0 Å². The van der Waals surface area contributed by atoms with Gasteiger partial charge in [-0.05, 0) is 37.1 Å². The van der Waals surface area contributed by atoms with Crippen LogP contribution in [-0.2, 0) is 10.0 Å². The van der Waals surface area contributed by atoms with Crippen LogP contribution >= 0.6 is 11.8 Å². The highest BCUT2D eigenvalue weighted by atomic mass is 32.2. The molecule has 1 heterocycles. The minimum Gasteiger partial charge on any atom is -0.207 e. The van der Waals surface area contributed by atoms with Crippen LogP contribution in [0.25, 0.3) is 0 Å². The van der Waals surface area contributed by atoms with E-state index in [1.807, 2.05) is 17.8 Å². The maximum Gasteiger partial charge on any atom is 0.243 e. The first-order valence-corrected chi connectivity index (χ1v) is 9.10. The van der Waals surface area contributed by atoms with E-state index in [1.165, 1.54) is 0 Å². The topological polar surface area (TPSA) is 61.2 Å². The molecule has 6 heteroatoms. The van der Waals surface area contributed by atoms with E-state index in [0.29, 0.717) is 34.4 Å². The van der Waals surface area contributed by atoms with Crippen LogP contribution in [0, 0.1) is 18.3 Å². The van der Waals surface area contributed by atoms with E-state index >= 15 is 0 Å². The second-order valence-corrected chi connectivity index (χ2v) is 8.17. The number of aryl methyl sites for hydroxylation is 1. The lowest BCUT2D eigenvalue weighted by Gasteiger charge is -2.31. The van der Waals surface area contributed by atoms with Crippen molar-refractivity contribution >= 4 is 21.8 Å². The van der Waals surface area contributed by atoms with Crippen molar-refractivity contribution in [3.63, 3.8) is 0 Å². The van der Waals surface area contributed by atoms with Crippen LogP contribution in [-0.4, -0.2) is 36.8 Å². The fourth-order valence-corrected chi connectivity index (χ4v) is 5.39. The molecule has 1 aromatic rings. The molecule has 0 amide bonds. The number of hydrogen-bond acceptors (Lipinski definition) is 4. The van der Waals surface area contributed by atoms with Gasteiger partial charge in [-0.2, -0.15) is 21.3 Å². The van der Waals surface area contributed by atoms with Crippen molar-refractivity contribution in [3.8, 4) is 6.07 Å². The normalized spacial score (nSPS) is 20.6. The number of hydrogen-bond donors (Lipinski definition) is 0. The van der Waals surface area contributed by atoms with Crippen LogP contribution in [0.15, 0.2) is 23.1 Å². The molecule has 108 valence electrons. The summed E-state index contributed by atoms with van der Waals surface area (Å²) in [6.07, 6.45) is 0.975. The number of rotatable bonds is 3. The van der Waals surface area contributed by atoms with E-state index in [2.05, 4.69) is 6.92 Å². The number of sulfonamides is 1. The van der Waals surface area contributed by atoms with E-state index in [1.54, 1.807) is 29.4 Å². The van der Waals surface area contributed by atoms with Crippen molar-refractivity contribution in [1.29, 1.82) is 5.26 Å². The molecule has 4 nitrogen and oxygen atoms in total. The zero-order valence-corrected chi connectivity index (χ0v) is 13.3. The van der Waals surface area contributed by atoms with Gasteiger partial charge in [0.2, 0.25) is 10.0 Å². The van der Waals surface area contributed by atoms with E-state index in [4.69, 9.17) is 5.26 Å². The summed E-state index contributed by atoms with van der Waals surface area (Å²) in [6.45, 7) is 4.95. The first-order valence-electron chi connectivity index (χ1n) is 6.61. The third kappa shape index (κ3) is 3.00. The number of nitriles is 1. The van der Waals surface area contributed by atoms with Gasteiger partial charge in [0.05, 0.1) is 16.5 Å². The lowest BCUT2D eigenvalue weighted by molar-refractivity contribution is 0.415. The van der Waals surface area contributed by atoms with Crippen molar-refractivity contribution in [2.75, 3.05) is 18.8 Å². The van der Waals surface area contributed by atoms with Gasteiger partial charge < -0.3 is 0 Å². The quantitative estimate of drug-likeness (QED) is 0.860. The Hall–Kier alpha value is -1.03. The summed E-state index contributed by atoms with van der Waals surface area (Å²) in [7, 11) is -3.45. The molecule has 0 aromatic heterocycles. The zero-order chi connectivity index (χ0) is 14.8. The fraction of sp³-hybridized carbons (Fsp3) is 0.500. The third-order valence-electron chi connectivity index (χ3n) is 3.48. The summed E-state index contributed by atoms with van der Waals surface area (Å²) in [5.41, 5.74) is 1.12. The average molecular weight is 310 g/mol. The van der Waals surface area contributed by atoms with Crippen LogP contribution < -0.4 is 0 Å². The van der Waals surface area contributed by atoms with Gasteiger partial charge in [-0.15, -0.1) is 0 Å². The Balaban J connectivity index is 2.33. The Bertz CT molecular complexity index is 635. The van der Waals surface area contributed by atoms with E-state index < -0.39 is 10.0 Å². The Morgan fingerprint density at radius 1 is 1.50 bits per heavy atom. The molecule has 1 aromatic carbocycles. The first kappa shape index (κ1) is 15.4. The molecule has 1 aliphatic rings. The smallest absolute Gasteiger partial charge is 0.207 e. The minimum absolute atomic E-state index is 0.318. The molecule has 1 fully saturated rings. The molecular formula is C14H18N2O2S2. The third-order valence-corrected chi connectivity index (χ3v) is 6.88. The molecule has 1 saturated heterocycles. The van der Waals surface area contributed by atoms with Crippen molar-refractivity contribution < 1.29 is 8.42 Å². The molecule has 0 saturated carbocycles. The molecule has 1 unspecified atom stereocenters. The molecule has 20 heavy (non-hydrogen) atoms. The van der Waals surface area contributed by atoms with Gasteiger partial charge in [-0.1, -0.05) is 6.92 Å². The molecule has 0 aliphatic carbocycles. The summed E-state index contributed by atoms with van der Waals surface area (Å²) < 4.78 is 27.0. The number of nitrogens with zero attached hydrogens (tertiary/aromatic N) is 2. The highest BCUT2D eigenvalue weighted by molar-refractivity contribution is 8.00. The lowest BCUT2D eigenvalue weighted by atomic mass is 10.2. The average Bonchev–Trinajstić information content (AvgIpc) is 2.46. The summed E-state index contributed by atoms with van der Waals surface area (Å²) >= 11 is 1.84. The maximum absolute atomic E-state index is 12.7. The van der Waals surface area contributed by atoms with Crippen molar-refractivity contribution in [1.82, 2.24) is 4.31 Å². The molecule has 1 atom stereocenters. The molecule has 0 bridgehead atoms. The summed E-state index contributed by atoms with van der Waals surface area (Å²) in [4.78, 5) is 0.318. The monoisotopic (exact) mass is 310 g/mol. The van der Waals surface area contributed by atoms with Crippen LogP contribution in [0.1, 0.15) is 24.5 Å². The fourth-order valence-electron chi connectivity index (χ4n) is 2.31. The lowest BCUT2D eigenvalue weighted by Crippen LogP contribution is -2.41. The van der Waals surface area contributed by atoms with Crippen LogP contribution in [0.3, 0.4) is 0 Å². The number of benzene rings is 1. The van der Waals surface area contributed by atoms with E-state index in [9.17, 15) is 8.42 Å². The highest BCUT2D eigenvalue weighted by Gasteiger charge is 2.30. The summed E-state index contributed by atoms with van der Waals surface area (Å²) in [6, 6.07) is 6.77. The van der Waals surface area contributed by atoms with Crippen molar-refractivity contribution in [3.05, 3.63) is 29.3 Å². The second kappa shape index (κ2) is 6.17. The first-order chi connectivity index (χ1) is 9.48. The van der Waals surface area contributed by atoms with Gasteiger partial charge >= 0.3 is 0 Å². The van der Waals surface area contributed by atoms with Crippen molar-refractivity contribution in [2.45, 2.75) is 30.4 Å². The summed E-state index contributed by atoms with van der Waals surface area (Å²) in [5.74, 6) is 0.840. The van der Waals surface area contributed by atoms with Crippen LogP contribution in [0.5, 0.6) is 0 Å². The Labute approximate surface area is 124 Å². The minimum atomic E-state index is -3.45.